The van der Waals surface area contributed by atoms with Gasteiger partial charge < -0.3 is 31.3 Å². The van der Waals surface area contributed by atoms with Crippen LogP contribution in [-0.2, 0) is 0 Å². The number of pyridine rings is 1. The fourth-order valence-corrected chi connectivity index (χ4v) is 3.21. The molecule has 0 fully saturated rings. The molecule has 0 spiro atoms. The molecule has 0 saturated heterocycles. The third-order valence-corrected chi connectivity index (χ3v) is 4.96. The number of aromatic nitrogens is 5. The summed E-state index contributed by atoms with van der Waals surface area (Å²) in [7, 11) is 0. The van der Waals surface area contributed by atoms with Crippen LogP contribution >= 0.6 is 0 Å². The molecule has 2 aromatic heterocycles. The molecule has 2 aromatic carbocycles. The maximum atomic E-state index is 11.6. The molecule has 4 rings (SSSR count). The number of carboxylic acids is 2. The van der Waals surface area contributed by atoms with Gasteiger partial charge in [0, 0.05) is 34.0 Å². The van der Waals surface area contributed by atoms with E-state index in [-0.39, 0.29) is 28.3 Å². The number of hydrogen-bond donors (Lipinski definition) is 2. The van der Waals surface area contributed by atoms with Crippen molar-refractivity contribution in [1.82, 2.24) is 25.4 Å². The minimum atomic E-state index is -1.59. The summed E-state index contributed by atoms with van der Waals surface area (Å²) in [5.41, 5.74) is 11.3. The summed E-state index contributed by atoms with van der Waals surface area (Å²) < 4.78 is 0. The average molecular weight is 483 g/mol. The van der Waals surface area contributed by atoms with Crippen molar-refractivity contribution >= 4 is 23.8 Å². The predicted molar refractivity (Wildman–Crippen MR) is 117 cm³/mol. The highest BCUT2D eigenvalue weighted by Crippen LogP contribution is 2.24. The third-order valence-electron chi connectivity index (χ3n) is 4.96. The zero-order valence-electron chi connectivity index (χ0n) is 18.0. The molecule has 2 heterocycles. The second-order valence-electron chi connectivity index (χ2n) is 7.38. The van der Waals surface area contributed by atoms with Crippen LogP contribution in [0.3, 0.4) is 0 Å². The average Bonchev–Trinajstić information content (AvgIpc) is 2.88. The van der Waals surface area contributed by atoms with E-state index in [0.717, 1.165) is 18.2 Å². The second kappa shape index (κ2) is 9.34. The van der Waals surface area contributed by atoms with Gasteiger partial charge in [-0.1, -0.05) is 0 Å². The number of amides is 2. The zero-order valence-corrected chi connectivity index (χ0v) is 18.0. The van der Waals surface area contributed by atoms with Crippen molar-refractivity contribution in [1.29, 1.82) is 0 Å². The SMILES string of the molecule is NC(=O)c1cc(C(N)=O)cc(-c2ccc(-c3nnc(-c4cc(C(=O)[O-])cc(C(=O)[O-])c4)nn3)cn2)c1. The molecule has 4 N–H and O–H groups in total. The smallest absolute Gasteiger partial charge is 0.248 e. The first kappa shape index (κ1) is 23.6. The molecule has 0 saturated carbocycles. The van der Waals surface area contributed by atoms with E-state index in [1.54, 1.807) is 12.1 Å². The van der Waals surface area contributed by atoms with Gasteiger partial charge in [-0.3, -0.25) is 14.6 Å². The number of primary amides is 2. The fraction of sp³-hybridized carbons (Fsp3) is 0. The van der Waals surface area contributed by atoms with E-state index in [4.69, 9.17) is 11.5 Å². The van der Waals surface area contributed by atoms with Gasteiger partial charge in [-0.2, -0.15) is 0 Å². The van der Waals surface area contributed by atoms with Crippen molar-refractivity contribution in [3.05, 3.63) is 77.0 Å². The van der Waals surface area contributed by atoms with E-state index in [1.807, 2.05) is 0 Å². The largest absolute Gasteiger partial charge is 0.545 e. The van der Waals surface area contributed by atoms with Crippen LogP contribution in [-0.4, -0.2) is 49.1 Å². The Kier molecular flexibility index (Phi) is 6.11. The normalized spacial score (nSPS) is 10.6. The van der Waals surface area contributed by atoms with E-state index < -0.39 is 34.9 Å². The van der Waals surface area contributed by atoms with E-state index >= 15 is 0 Å². The molecule has 0 unspecified atom stereocenters. The Labute approximate surface area is 201 Å². The first-order valence-electron chi connectivity index (χ1n) is 9.99. The van der Waals surface area contributed by atoms with Crippen molar-refractivity contribution in [2.24, 2.45) is 11.5 Å². The summed E-state index contributed by atoms with van der Waals surface area (Å²) >= 11 is 0. The Balaban J connectivity index is 1.64. The van der Waals surface area contributed by atoms with E-state index in [1.165, 1.54) is 24.4 Å². The molecule has 0 radical (unpaired) electrons. The molecule has 2 amide bonds. The van der Waals surface area contributed by atoms with Crippen LogP contribution in [0.15, 0.2) is 54.7 Å². The van der Waals surface area contributed by atoms with Gasteiger partial charge in [0.2, 0.25) is 23.5 Å². The number of carbonyl (C=O) groups excluding carboxylic acids is 4. The lowest BCUT2D eigenvalue weighted by atomic mass is 10.0. The minimum Gasteiger partial charge on any atom is -0.545 e. The van der Waals surface area contributed by atoms with Crippen LogP contribution in [0.1, 0.15) is 41.4 Å². The van der Waals surface area contributed by atoms with Gasteiger partial charge in [-0.15, -0.1) is 20.4 Å². The summed E-state index contributed by atoms with van der Waals surface area (Å²) in [6.07, 6.45) is 1.40. The van der Waals surface area contributed by atoms with Crippen molar-refractivity contribution in [3.8, 4) is 34.0 Å². The highest BCUT2D eigenvalue weighted by molar-refractivity contribution is 6.00. The number of rotatable bonds is 7. The number of aromatic carboxylic acids is 2. The molecule has 0 aliphatic heterocycles. The van der Waals surface area contributed by atoms with E-state index in [9.17, 15) is 29.4 Å². The lowest BCUT2D eigenvalue weighted by Crippen LogP contribution is -2.25. The fourth-order valence-electron chi connectivity index (χ4n) is 3.21. The van der Waals surface area contributed by atoms with E-state index in [0.29, 0.717) is 16.8 Å². The molecule has 0 bridgehead atoms. The molecule has 0 aliphatic rings. The van der Waals surface area contributed by atoms with Crippen LogP contribution in [0.25, 0.3) is 34.0 Å². The lowest BCUT2D eigenvalue weighted by Gasteiger charge is -2.10. The van der Waals surface area contributed by atoms with Crippen LogP contribution in [0.2, 0.25) is 0 Å². The summed E-state index contributed by atoms with van der Waals surface area (Å²) in [5.74, 6) is -4.72. The third kappa shape index (κ3) is 4.84. The first-order valence-corrected chi connectivity index (χ1v) is 9.99. The highest BCUT2D eigenvalue weighted by atomic mass is 16.4. The predicted octanol–water partition coefficient (Wildman–Crippen LogP) is -1.41. The lowest BCUT2D eigenvalue weighted by molar-refractivity contribution is -0.255. The molecule has 13 nitrogen and oxygen atoms in total. The molecule has 0 aliphatic carbocycles. The molecule has 0 atom stereocenters. The number of carboxylic acid groups (broad SMARTS) is 2. The van der Waals surface area contributed by atoms with Gasteiger partial charge in [0.05, 0.1) is 17.6 Å². The van der Waals surface area contributed by atoms with Crippen molar-refractivity contribution in [2.75, 3.05) is 0 Å². The Bertz CT molecular complexity index is 1350. The van der Waals surface area contributed by atoms with E-state index in [2.05, 4.69) is 25.4 Å². The topological polar surface area (TPSA) is 231 Å². The Morgan fingerprint density at radius 3 is 1.44 bits per heavy atom. The quantitative estimate of drug-likeness (QED) is 0.310. The molecule has 13 heteroatoms. The standard InChI is InChI=1S/C23H15N7O6/c24-18(31)12-3-11(4-13(5-12)19(25)32)17-2-1-10(9-26-17)20-27-29-21(30-28-20)14-6-15(22(33)34)8-16(7-14)23(35)36/h1-9H,(H2,24,31)(H2,25,32)(H,33,34)(H,35,36)/p-2. The van der Waals surface area contributed by atoms with Gasteiger partial charge in [-0.05, 0) is 59.7 Å². The maximum Gasteiger partial charge on any atom is 0.248 e. The number of nitrogens with two attached hydrogens (primary N) is 2. The highest BCUT2D eigenvalue weighted by Gasteiger charge is 2.13. The molecule has 178 valence electrons. The van der Waals surface area contributed by atoms with Gasteiger partial charge in [-0.25, -0.2) is 0 Å². The number of nitrogens with zero attached hydrogens (tertiary/aromatic N) is 5. The van der Waals surface area contributed by atoms with Crippen molar-refractivity contribution in [2.45, 2.75) is 0 Å². The Morgan fingerprint density at radius 1 is 0.583 bits per heavy atom. The van der Waals surface area contributed by atoms with Crippen LogP contribution in [0.4, 0.5) is 0 Å². The number of hydrogen-bond acceptors (Lipinski definition) is 11. The minimum absolute atomic E-state index is 0.0375. The number of carbonyl (C=O) groups is 4. The van der Waals surface area contributed by atoms with Crippen molar-refractivity contribution in [3.63, 3.8) is 0 Å². The summed E-state index contributed by atoms with van der Waals surface area (Å²) in [6, 6.07) is 10.5. The maximum absolute atomic E-state index is 11.6. The Morgan fingerprint density at radius 2 is 1.03 bits per heavy atom. The summed E-state index contributed by atoms with van der Waals surface area (Å²) in [6.45, 7) is 0. The Hall–Kier alpha value is -5.59. The second-order valence-corrected chi connectivity index (χ2v) is 7.38. The van der Waals surface area contributed by atoms with Crippen LogP contribution in [0, 0.1) is 0 Å². The van der Waals surface area contributed by atoms with Crippen LogP contribution in [0.5, 0.6) is 0 Å². The zero-order chi connectivity index (χ0) is 26.0. The van der Waals surface area contributed by atoms with Gasteiger partial charge >= 0.3 is 0 Å². The first-order chi connectivity index (χ1) is 17.1. The van der Waals surface area contributed by atoms with Crippen molar-refractivity contribution < 1.29 is 29.4 Å². The monoisotopic (exact) mass is 483 g/mol. The number of benzene rings is 2. The van der Waals surface area contributed by atoms with Gasteiger partial charge in [0.15, 0.2) is 0 Å². The molecular weight excluding hydrogens is 470 g/mol. The molecular formula is C23H13N7O6-2. The summed E-state index contributed by atoms with van der Waals surface area (Å²) in [4.78, 5) is 49.8. The van der Waals surface area contributed by atoms with Gasteiger partial charge in [0.1, 0.15) is 0 Å². The van der Waals surface area contributed by atoms with Crippen LogP contribution < -0.4 is 21.7 Å². The summed E-state index contributed by atoms with van der Waals surface area (Å²) in [5, 5.41) is 38.0. The molecule has 36 heavy (non-hydrogen) atoms. The molecule has 4 aromatic rings. The van der Waals surface area contributed by atoms with Gasteiger partial charge in [0.25, 0.3) is 0 Å².